The van der Waals surface area contributed by atoms with E-state index in [-0.39, 0.29) is 24.0 Å². The van der Waals surface area contributed by atoms with E-state index in [1.54, 1.807) is 0 Å². The monoisotopic (exact) mass is 429 g/mol. The first kappa shape index (κ1) is 21.3. The van der Waals surface area contributed by atoms with Crippen LogP contribution in [0.5, 0.6) is 0 Å². The highest BCUT2D eigenvalue weighted by Gasteiger charge is 2.29. The molecule has 0 radical (unpaired) electrons. The van der Waals surface area contributed by atoms with E-state index in [4.69, 9.17) is 9.73 Å². The lowest BCUT2D eigenvalue weighted by atomic mass is 10.1. The molecule has 0 saturated carbocycles. The second-order valence-electron chi connectivity index (χ2n) is 5.99. The minimum absolute atomic E-state index is 0. The molecule has 6 heteroatoms. The van der Waals surface area contributed by atoms with E-state index in [0.717, 1.165) is 38.8 Å². The van der Waals surface area contributed by atoms with Crippen LogP contribution in [0, 0.1) is 5.92 Å². The molecule has 0 spiro atoms. The van der Waals surface area contributed by atoms with Crippen LogP contribution in [0.1, 0.15) is 40.5 Å². The third-order valence-corrected chi connectivity index (χ3v) is 4.73. The molecular formula is C15H32IN3OS. The third kappa shape index (κ3) is 9.84. The van der Waals surface area contributed by atoms with Gasteiger partial charge in [-0.25, -0.2) is 0 Å². The van der Waals surface area contributed by atoms with Gasteiger partial charge in [-0.3, -0.25) is 4.99 Å². The molecule has 2 N–H and O–H groups in total. The smallest absolute Gasteiger partial charge is 0.191 e. The zero-order chi connectivity index (χ0) is 14.8. The van der Waals surface area contributed by atoms with E-state index in [0.29, 0.717) is 10.7 Å². The molecule has 1 heterocycles. The molecule has 1 aliphatic rings. The summed E-state index contributed by atoms with van der Waals surface area (Å²) >= 11 is 2.05. The van der Waals surface area contributed by atoms with Crippen LogP contribution in [0.25, 0.3) is 0 Å². The number of nitrogens with zero attached hydrogens (tertiary/aromatic N) is 1. The fraction of sp³-hybridized carbons (Fsp3) is 0.933. The van der Waals surface area contributed by atoms with Crippen molar-refractivity contribution >= 4 is 41.7 Å². The first-order chi connectivity index (χ1) is 9.56. The second kappa shape index (κ2) is 11.8. The Morgan fingerprint density at radius 3 is 2.71 bits per heavy atom. The average molecular weight is 429 g/mol. The summed E-state index contributed by atoms with van der Waals surface area (Å²) < 4.78 is 5.90. The normalized spacial score (nSPS) is 22.2. The fourth-order valence-electron chi connectivity index (χ4n) is 2.11. The maximum atomic E-state index is 5.57. The lowest BCUT2D eigenvalue weighted by molar-refractivity contribution is 0.114. The summed E-state index contributed by atoms with van der Waals surface area (Å²) in [6, 6.07) is 0. The minimum atomic E-state index is 0. The number of hydrogen-bond donors (Lipinski definition) is 2. The molecule has 0 aromatic rings. The lowest BCUT2D eigenvalue weighted by Crippen LogP contribution is -2.40. The summed E-state index contributed by atoms with van der Waals surface area (Å²) in [6.45, 7) is 12.9. The first-order valence-electron chi connectivity index (χ1n) is 7.79. The van der Waals surface area contributed by atoms with Crippen molar-refractivity contribution in [2.24, 2.45) is 10.9 Å². The molecule has 1 atom stereocenters. The number of ether oxygens (including phenoxy) is 1. The highest BCUT2D eigenvalue weighted by molar-refractivity contribution is 14.0. The molecule has 0 aromatic heterocycles. The number of guanidine groups is 1. The van der Waals surface area contributed by atoms with E-state index in [2.05, 4.69) is 50.1 Å². The number of nitrogens with one attached hydrogen (secondary N) is 2. The van der Waals surface area contributed by atoms with Gasteiger partial charge in [0.25, 0.3) is 0 Å². The molecule has 0 aliphatic carbocycles. The number of aliphatic imine (C=N–C) groups is 1. The Bertz CT molecular complexity index is 295. The Balaban J connectivity index is 0.00000400. The van der Waals surface area contributed by atoms with Crippen LogP contribution in [0.2, 0.25) is 0 Å². The largest absolute Gasteiger partial charge is 0.379 e. The summed E-state index contributed by atoms with van der Waals surface area (Å²) in [7, 11) is 0. The van der Waals surface area contributed by atoms with Crippen LogP contribution in [-0.2, 0) is 4.74 Å². The van der Waals surface area contributed by atoms with Crippen molar-refractivity contribution in [3.05, 3.63) is 0 Å². The molecular weight excluding hydrogens is 397 g/mol. The minimum Gasteiger partial charge on any atom is -0.379 e. The van der Waals surface area contributed by atoms with Crippen molar-refractivity contribution < 1.29 is 4.74 Å². The van der Waals surface area contributed by atoms with Crippen molar-refractivity contribution in [1.29, 1.82) is 0 Å². The fourth-order valence-corrected chi connectivity index (χ4v) is 3.34. The molecule has 0 bridgehead atoms. The number of rotatable bonds is 8. The molecule has 126 valence electrons. The highest BCUT2D eigenvalue weighted by atomic mass is 127. The van der Waals surface area contributed by atoms with Crippen molar-refractivity contribution in [1.82, 2.24) is 10.6 Å². The molecule has 1 unspecified atom stereocenters. The van der Waals surface area contributed by atoms with Crippen LogP contribution >= 0.6 is 35.7 Å². The summed E-state index contributed by atoms with van der Waals surface area (Å²) in [5.74, 6) is 2.78. The standard InChI is InChI=1S/C15H31N3OS.HI/c1-5-16-14(17-8-9-19-11-13(2)3)18-12-15(4)7-6-10-20-15;/h13H,5-12H2,1-4H3,(H2,16,17,18);1H. The molecule has 0 aromatic carbocycles. The van der Waals surface area contributed by atoms with Crippen molar-refractivity contribution in [3.8, 4) is 0 Å². The van der Waals surface area contributed by atoms with Crippen LogP contribution in [0.4, 0.5) is 0 Å². The van der Waals surface area contributed by atoms with Gasteiger partial charge in [0, 0.05) is 24.4 Å². The van der Waals surface area contributed by atoms with E-state index < -0.39 is 0 Å². The summed E-state index contributed by atoms with van der Waals surface area (Å²) in [6.07, 6.45) is 2.60. The zero-order valence-corrected chi connectivity index (χ0v) is 17.1. The maximum Gasteiger partial charge on any atom is 0.191 e. The Kier molecular flexibility index (Phi) is 12.0. The van der Waals surface area contributed by atoms with Crippen LogP contribution in [-0.4, -0.2) is 49.3 Å². The van der Waals surface area contributed by atoms with Crippen molar-refractivity contribution in [3.63, 3.8) is 0 Å². The zero-order valence-electron chi connectivity index (χ0n) is 13.9. The first-order valence-corrected chi connectivity index (χ1v) is 8.78. The summed E-state index contributed by atoms with van der Waals surface area (Å²) in [5, 5.41) is 6.64. The number of halogens is 1. The van der Waals surface area contributed by atoms with Gasteiger partial charge in [0.2, 0.25) is 0 Å². The Labute approximate surface area is 151 Å². The Hall–Kier alpha value is 0.310. The van der Waals surface area contributed by atoms with E-state index in [1.807, 2.05) is 0 Å². The van der Waals surface area contributed by atoms with Crippen LogP contribution < -0.4 is 10.6 Å². The predicted molar refractivity (Wildman–Crippen MR) is 105 cm³/mol. The quantitative estimate of drug-likeness (QED) is 0.269. The van der Waals surface area contributed by atoms with Gasteiger partial charge in [0.05, 0.1) is 13.2 Å². The van der Waals surface area contributed by atoms with E-state index in [1.165, 1.54) is 18.6 Å². The maximum absolute atomic E-state index is 5.57. The van der Waals surface area contributed by atoms with E-state index in [9.17, 15) is 0 Å². The Morgan fingerprint density at radius 2 is 2.14 bits per heavy atom. The summed E-state index contributed by atoms with van der Waals surface area (Å²) in [4.78, 5) is 4.72. The van der Waals surface area contributed by atoms with Crippen molar-refractivity contribution in [2.45, 2.75) is 45.3 Å². The van der Waals surface area contributed by atoms with Gasteiger partial charge < -0.3 is 15.4 Å². The highest BCUT2D eigenvalue weighted by Crippen LogP contribution is 2.37. The summed E-state index contributed by atoms with van der Waals surface area (Å²) in [5.41, 5.74) is 0. The molecule has 1 saturated heterocycles. The predicted octanol–water partition coefficient (Wildman–Crippen LogP) is 3.12. The van der Waals surface area contributed by atoms with Gasteiger partial charge in [0.1, 0.15) is 0 Å². The van der Waals surface area contributed by atoms with Gasteiger partial charge in [-0.2, -0.15) is 11.8 Å². The molecule has 1 fully saturated rings. The van der Waals surface area contributed by atoms with Crippen molar-refractivity contribution in [2.75, 3.05) is 38.6 Å². The SMILES string of the molecule is CCNC(=NCC1(C)CCCS1)NCCOCC(C)C.I. The Morgan fingerprint density at radius 1 is 1.38 bits per heavy atom. The number of hydrogen-bond acceptors (Lipinski definition) is 3. The van der Waals surface area contributed by atoms with Gasteiger partial charge in [-0.05, 0) is 38.4 Å². The molecule has 1 rings (SSSR count). The second-order valence-corrected chi connectivity index (χ2v) is 7.68. The third-order valence-electron chi connectivity index (χ3n) is 3.21. The van der Waals surface area contributed by atoms with Crippen LogP contribution in [0.3, 0.4) is 0 Å². The van der Waals surface area contributed by atoms with Gasteiger partial charge in [-0.15, -0.1) is 24.0 Å². The topological polar surface area (TPSA) is 45.7 Å². The molecule has 1 aliphatic heterocycles. The van der Waals surface area contributed by atoms with Gasteiger partial charge >= 0.3 is 0 Å². The molecule has 4 nitrogen and oxygen atoms in total. The average Bonchev–Trinajstić information content (AvgIpc) is 2.82. The van der Waals surface area contributed by atoms with E-state index >= 15 is 0 Å². The van der Waals surface area contributed by atoms with Gasteiger partial charge in [-0.1, -0.05) is 13.8 Å². The van der Waals surface area contributed by atoms with Gasteiger partial charge in [0.15, 0.2) is 5.96 Å². The van der Waals surface area contributed by atoms with Crippen LogP contribution in [0.15, 0.2) is 4.99 Å². The molecule has 0 amide bonds. The lowest BCUT2D eigenvalue weighted by Gasteiger charge is -2.21. The molecule has 21 heavy (non-hydrogen) atoms. The number of thioether (sulfide) groups is 1.